The molecule has 0 aliphatic heterocycles. The zero-order valence-electron chi connectivity index (χ0n) is 13.5. The summed E-state index contributed by atoms with van der Waals surface area (Å²) in [6.45, 7) is 3.47. The summed E-state index contributed by atoms with van der Waals surface area (Å²) in [7, 11) is -2.39. The van der Waals surface area contributed by atoms with Crippen LogP contribution in [0, 0.1) is 24.0 Å². The van der Waals surface area contributed by atoms with Gasteiger partial charge < -0.3 is 0 Å². The number of non-ortho nitro benzene ring substituents is 1. The molecule has 2 aromatic rings. The predicted octanol–water partition coefficient (Wildman–Crippen LogP) is 3.79. The Morgan fingerprint density at radius 2 is 1.83 bits per heavy atom. The first-order valence-corrected chi connectivity index (χ1v) is 9.33. The second-order valence-corrected chi connectivity index (χ2v) is 8.36. The predicted molar refractivity (Wildman–Crippen MR) is 95.4 cm³/mol. The van der Waals surface area contributed by atoms with Crippen molar-refractivity contribution in [1.29, 1.82) is 0 Å². The molecule has 0 fully saturated rings. The van der Waals surface area contributed by atoms with E-state index in [1.165, 1.54) is 17.4 Å². The molecule has 0 aliphatic carbocycles. The van der Waals surface area contributed by atoms with Crippen LogP contribution in [0.15, 0.2) is 45.8 Å². The minimum absolute atomic E-state index is 0.0382. The van der Waals surface area contributed by atoms with Gasteiger partial charge in [0.25, 0.3) is 5.69 Å². The summed E-state index contributed by atoms with van der Waals surface area (Å²) in [4.78, 5) is 10.4. The average molecular weight is 413 g/mol. The molecule has 0 saturated heterocycles. The number of aryl methyl sites for hydroxylation is 1. The third-order valence-electron chi connectivity index (χ3n) is 3.85. The van der Waals surface area contributed by atoms with Crippen LogP contribution in [0.25, 0.3) is 0 Å². The molecule has 0 unspecified atom stereocenters. The highest BCUT2D eigenvalue weighted by atomic mass is 79.9. The van der Waals surface area contributed by atoms with Gasteiger partial charge in [-0.3, -0.25) is 10.1 Å². The van der Waals surface area contributed by atoms with Gasteiger partial charge in [0.1, 0.15) is 0 Å². The molecule has 0 saturated carbocycles. The van der Waals surface area contributed by atoms with Crippen molar-refractivity contribution < 1.29 is 13.3 Å². The van der Waals surface area contributed by atoms with Crippen LogP contribution in [0.2, 0.25) is 0 Å². The maximum atomic E-state index is 12.9. The fourth-order valence-corrected chi connectivity index (χ4v) is 4.17. The lowest BCUT2D eigenvalue weighted by Gasteiger charge is -2.20. The number of halogens is 1. The van der Waals surface area contributed by atoms with Crippen molar-refractivity contribution in [3.8, 4) is 0 Å². The molecular weight excluding hydrogens is 396 g/mol. The van der Waals surface area contributed by atoms with Crippen molar-refractivity contribution in [2.24, 2.45) is 0 Å². The molecule has 0 aromatic heterocycles. The normalized spacial score (nSPS) is 11.7. The highest BCUT2D eigenvalue weighted by Crippen LogP contribution is 2.28. The molecule has 128 valence electrons. The molecule has 0 heterocycles. The number of benzene rings is 2. The third kappa shape index (κ3) is 3.66. The number of sulfonamides is 1. The molecule has 0 aliphatic rings. The van der Waals surface area contributed by atoms with Gasteiger partial charge in [0.05, 0.1) is 9.82 Å². The number of hydrogen-bond donors (Lipinski definition) is 0. The van der Waals surface area contributed by atoms with E-state index in [1.807, 2.05) is 24.3 Å². The minimum Gasteiger partial charge on any atom is -0.258 e. The largest absolute Gasteiger partial charge is 0.271 e. The van der Waals surface area contributed by atoms with Gasteiger partial charge in [-0.15, -0.1) is 0 Å². The molecule has 0 amide bonds. The summed E-state index contributed by atoms with van der Waals surface area (Å²) in [6.07, 6.45) is 0. The lowest BCUT2D eigenvalue weighted by molar-refractivity contribution is -0.385. The second kappa shape index (κ2) is 7.00. The molecule has 0 bridgehead atoms. The summed E-state index contributed by atoms with van der Waals surface area (Å²) in [5.41, 5.74) is 1.66. The van der Waals surface area contributed by atoms with E-state index in [0.29, 0.717) is 11.1 Å². The van der Waals surface area contributed by atoms with Crippen LogP contribution in [-0.2, 0) is 16.6 Å². The Morgan fingerprint density at radius 3 is 2.42 bits per heavy atom. The van der Waals surface area contributed by atoms with E-state index in [9.17, 15) is 18.5 Å². The molecule has 0 N–H and O–H groups in total. The van der Waals surface area contributed by atoms with Crippen LogP contribution in [0.5, 0.6) is 0 Å². The fourth-order valence-electron chi connectivity index (χ4n) is 2.30. The molecule has 8 heteroatoms. The highest BCUT2D eigenvalue weighted by Gasteiger charge is 2.26. The van der Waals surface area contributed by atoms with Gasteiger partial charge >= 0.3 is 0 Å². The molecule has 2 rings (SSSR count). The van der Waals surface area contributed by atoms with Gasteiger partial charge in [-0.25, -0.2) is 8.42 Å². The summed E-state index contributed by atoms with van der Waals surface area (Å²) in [6, 6.07) is 9.82. The van der Waals surface area contributed by atoms with Crippen molar-refractivity contribution in [3.63, 3.8) is 0 Å². The van der Waals surface area contributed by atoms with E-state index < -0.39 is 14.9 Å². The van der Waals surface area contributed by atoms with E-state index in [2.05, 4.69) is 15.9 Å². The van der Waals surface area contributed by atoms with Crippen LogP contribution >= 0.6 is 15.9 Å². The van der Waals surface area contributed by atoms with Crippen LogP contribution in [0.3, 0.4) is 0 Å². The molecule has 6 nitrogen and oxygen atoms in total. The first kappa shape index (κ1) is 18.6. The van der Waals surface area contributed by atoms with Crippen molar-refractivity contribution in [2.75, 3.05) is 7.05 Å². The maximum Gasteiger partial charge on any atom is 0.271 e. The Hall–Kier alpha value is -1.77. The smallest absolute Gasteiger partial charge is 0.258 e. The van der Waals surface area contributed by atoms with Crippen LogP contribution in [0.1, 0.15) is 16.7 Å². The van der Waals surface area contributed by atoms with Gasteiger partial charge in [0, 0.05) is 30.2 Å². The standard InChI is InChI=1S/C16H17BrN2O4S/c1-11-8-14(19(20)21)9-16(12(11)2)24(22,23)18(3)10-13-6-4-5-7-15(13)17/h4-9H,10H2,1-3H3. The second-order valence-electron chi connectivity index (χ2n) is 5.50. The molecular formula is C16H17BrN2O4S. The quantitative estimate of drug-likeness (QED) is 0.552. The number of nitro groups is 1. The van der Waals surface area contributed by atoms with E-state index >= 15 is 0 Å². The average Bonchev–Trinajstić information content (AvgIpc) is 2.51. The number of rotatable bonds is 5. The minimum atomic E-state index is -3.86. The molecule has 2 aromatic carbocycles. The molecule has 0 spiro atoms. The third-order valence-corrected chi connectivity index (χ3v) is 6.56. The summed E-state index contributed by atoms with van der Waals surface area (Å²) >= 11 is 3.39. The zero-order chi connectivity index (χ0) is 18.1. The van der Waals surface area contributed by atoms with Crippen LogP contribution < -0.4 is 0 Å². The van der Waals surface area contributed by atoms with Gasteiger partial charge in [0.15, 0.2) is 0 Å². The lowest BCUT2D eigenvalue weighted by Crippen LogP contribution is -2.27. The summed E-state index contributed by atoms with van der Waals surface area (Å²) in [5.74, 6) is 0. The van der Waals surface area contributed by atoms with Gasteiger partial charge in [-0.2, -0.15) is 4.31 Å². The van der Waals surface area contributed by atoms with Crippen molar-refractivity contribution in [2.45, 2.75) is 25.3 Å². The molecule has 24 heavy (non-hydrogen) atoms. The first-order chi connectivity index (χ1) is 11.1. The Bertz CT molecular complexity index is 897. The Labute approximate surface area is 149 Å². The van der Waals surface area contributed by atoms with Crippen LogP contribution in [0.4, 0.5) is 5.69 Å². The number of hydrogen-bond acceptors (Lipinski definition) is 4. The van der Waals surface area contributed by atoms with Gasteiger partial charge in [0.2, 0.25) is 10.0 Å². The summed E-state index contributed by atoms with van der Waals surface area (Å²) in [5, 5.41) is 11.0. The SMILES string of the molecule is Cc1cc([N+](=O)[O-])cc(S(=O)(=O)N(C)Cc2ccccc2Br)c1C. The molecule has 0 radical (unpaired) electrons. The molecule has 0 atom stereocenters. The fraction of sp³-hybridized carbons (Fsp3) is 0.250. The van der Waals surface area contributed by atoms with E-state index in [0.717, 1.165) is 16.1 Å². The van der Waals surface area contributed by atoms with E-state index in [-0.39, 0.29) is 17.1 Å². The number of nitrogens with zero attached hydrogens (tertiary/aromatic N) is 2. The first-order valence-electron chi connectivity index (χ1n) is 7.10. The topological polar surface area (TPSA) is 80.5 Å². The Balaban J connectivity index is 2.47. The Morgan fingerprint density at radius 1 is 1.21 bits per heavy atom. The summed E-state index contributed by atoms with van der Waals surface area (Å²) < 4.78 is 27.8. The Kier molecular flexibility index (Phi) is 5.42. The monoisotopic (exact) mass is 412 g/mol. The van der Waals surface area contributed by atoms with Crippen molar-refractivity contribution >= 4 is 31.6 Å². The zero-order valence-corrected chi connectivity index (χ0v) is 15.9. The van der Waals surface area contributed by atoms with Crippen molar-refractivity contribution in [1.82, 2.24) is 4.31 Å². The lowest BCUT2D eigenvalue weighted by atomic mass is 10.1. The van der Waals surface area contributed by atoms with E-state index in [1.54, 1.807) is 13.8 Å². The maximum absolute atomic E-state index is 12.9. The highest BCUT2D eigenvalue weighted by molar-refractivity contribution is 9.10. The van der Waals surface area contributed by atoms with Crippen LogP contribution in [-0.4, -0.2) is 24.7 Å². The van der Waals surface area contributed by atoms with Gasteiger partial charge in [-0.05, 0) is 36.6 Å². The number of nitro benzene ring substituents is 1. The van der Waals surface area contributed by atoms with E-state index in [4.69, 9.17) is 0 Å². The van der Waals surface area contributed by atoms with Crippen molar-refractivity contribution in [3.05, 3.63) is 67.7 Å². The van der Waals surface area contributed by atoms with Gasteiger partial charge in [-0.1, -0.05) is 34.1 Å².